The van der Waals surface area contributed by atoms with Crippen molar-refractivity contribution in [2.75, 3.05) is 13.1 Å². The molecule has 1 aliphatic rings. The monoisotopic (exact) mass is 308 g/mol. The van der Waals surface area contributed by atoms with Gasteiger partial charge in [0.05, 0.1) is 0 Å². The number of nitrogens with one attached hydrogen (secondary N) is 1. The highest BCUT2D eigenvalue weighted by molar-refractivity contribution is 5.80. The van der Waals surface area contributed by atoms with E-state index < -0.39 is 0 Å². The van der Waals surface area contributed by atoms with Gasteiger partial charge in [0.25, 0.3) is 0 Å². The largest absolute Gasteiger partial charge is 0.348 e. The number of aryl methyl sites for hydroxylation is 1. The van der Waals surface area contributed by atoms with E-state index in [9.17, 15) is 0 Å². The lowest BCUT2D eigenvalue weighted by Crippen LogP contribution is -2.34. The van der Waals surface area contributed by atoms with Gasteiger partial charge in [0.15, 0.2) is 0 Å². The number of nitrogens with zero attached hydrogens (tertiary/aromatic N) is 3. The van der Waals surface area contributed by atoms with Crippen LogP contribution in [0.4, 0.5) is 0 Å². The fourth-order valence-electron chi connectivity index (χ4n) is 3.80. The van der Waals surface area contributed by atoms with Gasteiger partial charge in [-0.25, -0.2) is 4.98 Å². The molecule has 1 atom stereocenters. The van der Waals surface area contributed by atoms with Gasteiger partial charge in [0.1, 0.15) is 5.82 Å². The molecular formula is C19H24N4. The molecule has 0 aliphatic carbocycles. The molecule has 3 heterocycles. The van der Waals surface area contributed by atoms with Crippen molar-refractivity contribution >= 4 is 10.9 Å². The summed E-state index contributed by atoms with van der Waals surface area (Å²) in [6, 6.07) is 9.12. The molecule has 0 radical (unpaired) electrons. The van der Waals surface area contributed by atoms with Gasteiger partial charge in [-0.1, -0.05) is 6.07 Å². The molecule has 1 aromatic carbocycles. The number of benzene rings is 1. The van der Waals surface area contributed by atoms with Crippen molar-refractivity contribution in [2.45, 2.75) is 38.8 Å². The van der Waals surface area contributed by atoms with Crippen molar-refractivity contribution in [1.82, 2.24) is 19.4 Å². The fraction of sp³-hybridized carbons (Fsp3) is 0.421. The number of hydrogen-bond acceptors (Lipinski definition) is 2. The number of likely N-dealkylation sites (tertiary alicyclic amines) is 1. The molecular weight excluding hydrogens is 284 g/mol. The number of rotatable bonds is 4. The minimum Gasteiger partial charge on any atom is -0.348 e. The van der Waals surface area contributed by atoms with Crippen LogP contribution in [0.5, 0.6) is 0 Å². The summed E-state index contributed by atoms with van der Waals surface area (Å²) < 4.78 is 2.30. The van der Waals surface area contributed by atoms with E-state index in [1.165, 1.54) is 35.9 Å². The zero-order chi connectivity index (χ0) is 15.6. The Balaban J connectivity index is 1.49. The molecule has 4 nitrogen and oxygen atoms in total. The van der Waals surface area contributed by atoms with Crippen molar-refractivity contribution in [3.05, 3.63) is 54.2 Å². The van der Waals surface area contributed by atoms with E-state index in [1.54, 1.807) is 0 Å². The molecule has 0 saturated carbocycles. The predicted octanol–water partition coefficient (Wildman–Crippen LogP) is 3.76. The number of fused-ring (bicyclic) bond motifs is 1. The number of piperidine rings is 1. The maximum absolute atomic E-state index is 4.45. The fourth-order valence-corrected chi connectivity index (χ4v) is 3.80. The highest BCUT2D eigenvalue weighted by atomic mass is 15.1. The molecule has 1 N–H and O–H groups in total. The second-order valence-corrected chi connectivity index (χ2v) is 6.54. The van der Waals surface area contributed by atoms with Crippen molar-refractivity contribution in [1.29, 1.82) is 0 Å². The van der Waals surface area contributed by atoms with Crippen LogP contribution >= 0.6 is 0 Å². The number of hydrogen-bond donors (Lipinski definition) is 1. The molecule has 120 valence electrons. The number of H-pyrrole nitrogens is 1. The highest BCUT2D eigenvalue weighted by Crippen LogP contribution is 2.26. The molecule has 1 fully saturated rings. The molecule has 2 aromatic heterocycles. The molecule has 0 bridgehead atoms. The van der Waals surface area contributed by atoms with Crippen LogP contribution in [-0.4, -0.2) is 32.5 Å². The van der Waals surface area contributed by atoms with Crippen LogP contribution in [0.25, 0.3) is 10.9 Å². The first kappa shape index (κ1) is 14.5. The second kappa shape index (κ2) is 6.20. The molecule has 1 saturated heterocycles. The van der Waals surface area contributed by atoms with Crippen LogP contribution in [0.2, 0.25) is 0 Å². The Morgan fingerprint density at radius 1 is 1.30 bits per heavy atom. The Morgan fingerprint density at radius 2 is 2.26 bits per heavy atom. The third-order valence-electron chi connectivity index (χ3n) is 4.99. The van der Waals surface area contributed by atoms with Crippen LogP contribution in [0.3, 0.4) is 0 Å². The van der Waals surface area contributed by atoms with Gasteiger partial charge in [-0.2, -0.15) is 0 Å². The summed E-state index contributed by atoms with van der Waals surface area (Å²) >= 11 is 0. The van der Waals surface area contributed by atoms with E-state index in [0.29, 0.717) is 5.92 Å². The number of imidazole rings is 1. The average molecular weight is 308 g/mol. The Kier molecular flexibility index (Phi) is 3.92. The smallest absolute Gasteiger partial charge is 0.110 e. The summed E-state index contributed by atoms with van der Waals surface area (Å²) in [5.41, 5.74) is 2.75. The van der Waals surface area contributed by atoms with Crippen molar-refractivity contribution in [3.63, 3.8) is 0 Å². The van der Waals surface area contributed by atoms with E-state index in [-0.39, 0.29) is 0 Å². The number of aromatic amines is 1. The molecule has 4 heteroatoms. The molecule has 0 amide bonds. The molecule has 1 unspecified atom stereocenters. The van der Waals surface area contributed by atoms with Gasteiger partial charge in [-0.05, 0) is 55.5 Å². The zero-order valence-corrected chi connectivity index (χ0v) is 13.7. The van der Waals surface area contributed by atoms with Gasteiger partial charge in [0, 0.05) is 49.7 Å². The number of aromatic nitrogens is 3. The van der Waals surface area contributed by atoms with Crippen LogP contribution in [0, 0.1) is 0 Å². The molecule has 0 spiro atoms. The Morgan fingerprint density at radius 3 is 3.09 bits per heavy atom. The molecule has 1 aliphatic heterocycles. The summed E-state index contributed by atoms with van der Waals surface area (Å²) in [7, 11) is 0. The minimum atomic E-state index is 0.545. The van der Waals surface area contributed by atoms with Gasteiger partial charge in [-0.15, -0.1) is 0 Å². The maximum atomic E-state index is 4.45. The van der Waals surface area contributed by atoms with E-state index in [2.05, 4.69) is 56.8 Å². The van der Waals surface area contributed by atoms with Crippen molar-refractivity contribution in [3.8, 4) is 0 Å². The lowest BCUT2D eigenvalue weighted by molar-refractivity contribution is 0.197. The van der Waals surface area contributed by atoms with E-state index >= 15 is 0 Å². The summed E-state index contributed by atoms with van der Waals surface area (Å²) in [6.45, 7) is 6.53. The topological polar surface area (TPSA) is 36.9 Å². The first-order valence-electron chi connectivity index (χ1n) is 8.63. The lowest BCUT2D eigenvalue weighted by Gasteiger charge is -2.31. The van der Waals surface area contributed by atoms with Crippen molar-refractivity contribution < 1.29 is 0 Å². The predicted molar refractivity (Wildman–Crippen MR) is 93.5 cm³/mol. The standard InChI is InChI=1S/C19H24N4/c1-2-23-11-7-16-12-15(5-6-18(16)23)13-22-10-3-4-17(14-22)19-20-8-9-21-19/h5-9,11-12,17H,2-4,10,13-14H2,1H3,(H,20,21). The quantitative estimate of drug-likeness (QED) is 0.796. The SMILES string of the molecule is CCn1ccc2cc(CN3CCCC(c4ncc[nH]4)C3)ccc21. The molecule has 4 rings (SSSR count). The van der Waals surface area contributed by atoms with Crippen LogP contribution in [0.15, 0.2) is 42.9 Å². The molecule has 3 aromatic rings. The van der Waals surface area contributed by atoms with Crippen molar-refractivity contribution in [2.24, 2.45) is 0 Å². The maximum Gasteiger partial charge on any atom is 0.110 e. The highest BCUT2D eigenvalue weighted by Gasteiger charge is 2.22. The summed E-state index contributed by atoms with van der Waals surface area (Å²) in [4.78, 5) is 10.3. The van der Waals surface area contributed by atoms with E-state index in [1.807, 2.05) is 12.4 Å². The Labute approximate surface area is 137 Å². The normalized spacial score (nSPS) is 19.4. The Bertz CT molecular complexity index is 772. The van der Waals surface area contributed by atoms with Crippen LogP contribution in [0.1, 0.15) is 37.1 Å². The van der Waals surface area contributed by atoms with Crippen LogP contribution in [-0.2, 0) is 13.1 Å². The summed E-state index contributed by atoms with van der Waals surface area (Å²) in [5, 5.41) is 1.35. The summed E-state index contributed by atoms with van der Waals surface area (Å²) in [6.07, 6.45) is 8.46. The lowest BCUT2D eigenvalue weighted by atomic mass is 9.97. The first-order chi connectivity index (χ1) is 11.3. The third kappa shape index (κ3) is 2.91. The second-order valence-electron chi connectivity index (χ2n) is 6.54. The Hall–Kier alpha value is -2.07. The molecule has 23 heavy (non-hydrogen) atoms. The first-order valence-corrected chi connectivity index (χ1v) is 8.63. The third-order valence-corrected chi connectivity index (χ3v) is 4.99. The minimum absolute atomic E-state index is 0.545. The van der Waals surface area contributed by atoms with Gasteiger partial charge in [0.2, 0.25) is 0 Å². The van der Waals surface area contributed by atoms with Crippen LogP contribution < -0.4 is 0 Å². The summed E-state index contributed by atoms with van der Waals surface area (Å²) in [5.74, 6) is 1.69. The van der Waals surface area contributed by atoms with E-state index in [4.69, 9.17) is 0 Å². The van der Waals surface area contributed by atoms with Gasteiger partial charge < -0.3 is 9.55 Å². The zero-order valence-electron chi connectivity index (χ0n) is 13.7. The van der Waals surface area contributed by atoms with E-state index in [0.717, 1.165) is 25.5 Å². The van der Waals surface area contributed by atoms with Gasteiger partial charge in [-0.3, -0.25) is 4.90 Å². The average Bonchev–Trinajstić information content (AvgIpc) is 3.24. The van der Waals surface area contributed by atoms with Gasteiger partial charge >= 0.3 is 0 Å².